The molecule has 0 bridgehead atoms. The van der Waals surface area contributed by atoms with E-state index in [1.54, 1.807) is 0 Å². The fourth-order valence-electron chi connectivity index (χ4n) is 1.48. The van der Waals surface area contributed by atoms with Crippen LogP contribution in [-0.2, 0) is 17.5 Å². The minimum Gasteiger partial charge on any atom is -0.496 e. The lowest BCUT2D eigenvalue weighted by Crippen LogP contribution is -2.11. The highest BCUT2D eigenvalue weighted by atomic mass is 32.1. The minimum absolute atomic E-state index is 0.0361. The Balaban J connectivity index is 3.51. The summed E-state index contributed by atoms with van der Waals surface area (Å²) < 4.78 is 48.4. The quantitative estimate of drug-likeness (QED) is 0.622. The third-order valence-corrected chi connectivity index (χ3v) is 2.27. The number of ether oxygens (including phenoxy) is 2. The molecule has 0 atom stereocenters. The second-order valence-corrected chi connectivity index (χ2v) is 3.49. The summed E-state index contributed by atoms with van der Waals surface area (Å²) in [5.41, 5.74) is -0.891. The first-order valence-electron chi connectivity index (χ1n) is 4.79. The van der Waals surface area contributed by atoms with E-state index in [-0.39, 0.29) is 23.6 Å². The number of hydrogen-bond acceptors (Lipinski definition) is 4. The number of rotatable bonds is 4. The minimum atomic E-state index is -4.52. The van der Waals surface area contributed by atoms with Crippen LogP contribution in [0.1, 0.15) is 11.1 Å². The summed E-state index contributed by atoms with van der Waals surface area (Å²) in [7, 11) is 2.59. The van der Waals surface area contributed by atoms with Gasteiger partial charge >= 0.3 is 6.18 Å². The van der Waals surface area contributed by atoms with E-state index in [2.05, 4.69) is 17.2 Å². The Morgan fingerprint density at radius 1 is 1.33 bits per heavy atom. The molecular formula is C11H10F3NO2S. The number of hydrogen-bond donors (Lipinski definition) is 0. The molecule has 18 heavy (non-hydrogen) atoms. The molecule has 0 radical (unpaired) electrons. The van der Waals surface area contributed by atoms with Crippen LogP contribution in [0.5, 0.6) is 5.75 Å². The van der Waals surface area contributed by atoms with Gasteiger partial charge in [0.1, 0.15) is 5.75 Å². The van der Waals surface area contributed by atoms with Crippen molar-refractivity contribution in [2.24, 2.45) is 4.99 Å². The van der Waals surface area contributed by atoms with Crippen LogP contribution in [0.15, 0.2) is 17.1 Å². The molecule has 0 aromatic heterocycles. The van der Waals surface area contributed by atoms with Crippen molar-refractivity contribution in [1.82, 2.24) is 0 Å². The standard InChI is InChI=1S/C11H10F3NO2S/c1-16-5-8-9(11(12,13)14)3-7(15-6-18)4-10(8)17-2/h3-4H,5H2,1-2H3. The normalized spacial score (nSPS) is 10.9. The van der Waals surface area contributed by atoms with Crippen LogP contribution in [0.2, 0.25) is 0 Å². The number of nitrogens with zero attached hydrogens (tertiary/aromatic N) is 1. The van der Waals surface area contributed by atoms with Crippen molar-refractivity contribution < 1.29 is 22.6 Å². The molecule has 0 amide bonds. The number of isothiocyanates is 1. The number of aliphatic imine (C=N–C) groups is 1. The fourth-order valence-corrected chi connectivity index (χ4v) is 1.58. The average molecular weight is 277 g/mol. The second kappa shape index (κ2) is 5.95. The Hall–Kier alpha value is -1.43. The zero-order valence-corrected chi connectivity index (χ0v) is 10.5. The highest BCUT2D eigenvalue weighted by molar-refractivity contribution is 7.78. The molecule has 0 aliphatic carbocycles. The number of halogens is 3. The summed E-state index contributed by atoms with van der Waals surface area (Å²) in [6.07, 6.45) is -4.52. The number of benzene rings is 1. The summed E-state index contributed by atoms with van der Waals surface area (Å²) >= 11 is 4.37. The molecule has 98 valence electrons. The smallest absolute Gasteiger partial charge is 0.416 e. The van der Waals surface area contributed by atoms with E-state index in [0.717, 1.165) is 6.07 Å². The third-order valence-electron chi connectivity index (χ3n) is 2.18. The topological polar surface area (TPSA) is 30.8 Å². The van der Waals surface area contributed by atoms with Crippen molar-refractivity contribution in [3.8, 4) is 5.75 Å². The molecule has 0 fully saturated rings. The van der Waals surface area contributed by atoms with Gasteiger partial charge in [-0.25, -0.2) is 0 Å². The van der Waals surface area contributed by atoms with Crippen molar-refractivity contribution in [2.75, 3.05) is 14.2 Å². The van der Waals surface area contributed by atoms with Crippen molar-refractivity contribution >= 4 is 23.1 Å². The van der Waals surface area contributed by atoms with Gasteiger partial charge in [-0.15, -0.1) is 0 Å². The number of alkyl halides is 3. The van der Waals surface area contributed by atoms with Gasteiger partial charge < -0.3 is 9.47 Å². The Morgan fingerprint density at radius 2 is 2.00 bits per heavy atom. The Morgan fingerprint density at radius 3 is 2.44 bits per heavy atom. The van der Waals surface area contributed by atoms with Crippen molar-refractivity contribution in [1.29, 1.82) is 0 Å². The van der Waals surface area contributed by atoms with Gasteiger partial charge in [0, 0.05) is 18.7 Å². The van der Waals surface area contributed by atoms with Gasteiger partial charge in [0.15, 0.2) is 0 Å². The number of thiocarbonyl (C=S) groups is 1. The molecule has 0 aliphatic rings. The molecule has 3 nitrogen and oxygen atoms in total. The van der Waals surface area contributed by atoms with Crippen molar-refractivity contribution in [2.45, 2.75) is 12.8 Å². The van der Waals surface area contributed by atoms with E-state index in [0.29, 0.717) is 0 Å². The summed E-state index contributed by atoms with van der Waals surface area (Å²) in [5, 5.41) is 2.02. The molecule has 0 saturated carbocycles. The molecule has 0 aliphatic heterocycles. The highest BCUT2D eigenvalue weighted by Crippen LogP contribution is 2.39. The molecule has 1 rings (SSSR count). The van der Waals surface area contributed by atoms with E-state index in [1.807, 2.05) is 5.16 Å². The fraction of sp³-hybridized carbons (Fsp3) is 0.364. The van der Waals surface area contributed by atoms with Crippen LogP contribution in [0.4, 0.5) is 18.9 Å². The van der Waals surface area contributed by atoms with E-state index >= 15 is 0 Å². The van der Waals surface area contributed by atoms with Crippen LogP contribution in [0, 0.1) is 0 Å². The first kappa shape index (κ1) is 14.6. The Kier molecular flexibility index (Phi) is 4.84. The monoisotopic (exact) mass is 277 g/mol. The molecular weight excluding hydrogens is 267 g/mol. The van der Waals surface area contributed by atoms with E-state index in [1.165, 1.54) is 20.3 Å². The average Bonchev–Trinajstić information content (AvgIpc) is 2.29. The van der Waals surface area contributed by atoms with Crippen LogP contribution >= 0.6 is 12.2 Å². The van der Waals surface area contributed by atoms with E-state index in [9.17, 15) is 13.2 Å². The maximum atomic E-state index is 12.9. The zero-order valence-electron chi connectivity index (χ0n) is 9.67. The largest absolute Gasteiger partial charge is 0.496 e. The predicted molar refractivity (Wildman–Crippen MR) is 63.4 cm³/mol. The molecule has 0 N–H and O–H groups in total. The van der Waals surface area contributed by atoms with Crippen molar-refractivity contribution in [3.63, 3.8) is 0 Å². The van der Waals surface area contributed by atoms with Gasteiger partial charge in [0.2, 0.25) is 0 Å². The van der Waals surface area contributed by atoms with Gasteiger partial charge in [-0.2, -0.15) is 18.2 Å². The van der Waals surface area contributed by atoms with E-state index in [4.69, 9.17) is 9.47 Å². The van der Waals surface area contributed by atoms with Gasteiger partial charge in [-0.1, -0.05) is 0 Å². The first-order valence-corrected chi connectivity index (χ1v) is 5.19. The molecule has 1 aromatic carbocycles. The summed E-state index contributed by atoms with van der Waals surface area (Å²) in [6, 6.07) is 2.24. The summed E-state index contributed by atoms with van der Waals surface area (Å²) in [4.78, 5) is 3.53. The third kappa shape index (κ3) is 3.29. The van der Waals surface area contributed by atoms with Crippen LogP contribution < -0.4 is 4.74 Å². The lowest BCUT2D eigenvalue weighted by molar-refractivity contribution is -0.138. The Labute approximate surface area is 107 Å². The molecule has 0 saturated heterocycles. The first-order chi connectivity index (χ1) is 8.43. The molecule has 0 spiro atoms. The zero-order chi connectivity index (χ0) is 13.8. The summed E-state index contributed by atoms with van der Waals surface area (Å²) in [6.45, 7) is -0.209. The van der Waals surface area contributed by atoms with Crippen LogP contribution in [0.3, 0.4) is 0 Å². The Bertz CT molecular complexity index is 482. The van der Waals surface area contributed by atoms with Gasteiger partial charge in [0.25, 0.3) is 0 Å². The van der Waals surface area contributed by atoms with Gasteiger partial charge in [-0.3, -0.25) is 0 Å². The van der Waals surface area contributed by atoms with Gasteiger partial charge in [0.05, 0.1) is 30.1 Å². The molecule has 0 heterocycles. The molecule has 0 unspecified atom stereocenters. The predicted octanol–water partition coefficient (Wildman–Crippen LogP) is 3.59. The SMILES string of the molecule is COCc1c(OC)cc(N=C=S)cc1C(F)(F)F. The summed E-state index contributed by atoms with van der Waals surface area (Å²) in [5.74, 6) is 0.0516. The van der Waals surface area contributed by atoms with Crippen LogP contribution in [-0.4, -0.2) is 19.4 Å². The maximum Gasteiger partial charge on any atom is 0.416 e. The maximum absolute atomic E-state index is 12.9. The van der Waals surface area contributed by atoms with Gasteiger partial charge in [-0.05, 0) is 18.3 Å². The lowest BCUT2D eigenvalue weighted by atomic mass is 10.1. The lowest BCUT2D eigenvalue weighted by Gasteiger charge is -2.16. The second-order valence-electron chi connectivity index (χ2n) is 3.31. The van der Waals surface area contributed by atoms with Crippen LogP contribution in [0.25, 0.3) is 0 Å². The van der Waals surface area contributed by atoms with Crippen molar-refractivity contribution in [3.05, 3.63) is 23.3 Å². The molecule has 7 heteroatoms. The molecule has 1 aromatic rings. The highest BCUT2D eigenvalue weighted by Gasteiger charge is 2.35. The van der Waals surface area contributed by atoms with E-state index < -0.39 is 11.7 Å². The number of methoxy groups -OCH3 is 2.